The molecule has 0 aliphatic carbocycles. The number of carbonyl (C=O) groups is 1. The van der Waals surface area contributed by atoms with E-state index >= 15 is 0 Å². The Bertz CT molecular complexity index is 1090. The van der Waals surface area contributed by atoms with Gasteiger partial charge < -0.3 is 20.5 Å². The maximum absolute atomic E-state index is 13.3. The highest BCUT2D eigenvalue weighted by Crippen LogP contribution is 2.31. The maximum atomic E-state index is 13.3. The highest BCUT2D eigenvalue weighted by Gasteiger charge is 2.37. The minimum absolute atomic E-state index is 0.101. The van der Waals surface area contributed by atoms with Gasteiger partial charge in [-0.15, -0.1) is 11.3 Å². The normalized spacial score (nSPS) is 20.2. The average Bonchev–Trinajstić information content (AvgIpc) is 3.42. The van der Waals surface area contributed by atoms with E-state index in [0.29, 0.717) is 16.9 Å². The van der Waals surface area contributed by atoms with E-state index in [1.54, 1.807) is 12.1 Å². The summed E-state index contributed by atoms with van der Waals surface area (Å²) in [6.45, 7) is 0.381. The molecule has 2 heterocycles. The molecule has 33 heavy (non-hydrogen) atoms. The summed E-state index contributed by atoms with van der Waals surface area (Å²) in [5.41, 5.74) is 2.31. The van der Waals surface area contributed by atoms with Gasteiger partial charge in [-0.3, -0.25) is 0 Å². The molecule has 6 nitrogen and oxygen atoms in total. The van der Waals surface area contributed by atoms with Crippen molar-refractivity contribution in [2.75, 3.05) is 6.54 Å². The van der Waals surface area contributed by atoms with Crippen LogP contribution in [0.1, 0.15) is 22.6 Å². The lowest BCUT2D eigenvalue weighted by atomic mass is 10.0. The Labute approximate surface area is 192 Å². The lowest BCUT2D eigenvalue weighted by molar-refractivity contribution is 0.0188. The van der Waals surface area contributed by atoms with Crippen LogP contribution < -0.4 is 10.6 Å². The zero-order valence-electron chi connectivity index (χ0n) is 17.4. The molecule has 1 fully saturated rings. The summed E-state index contributed by atoms with van der Waals surface area (Å²) < 4.78 is 44.2. The Balaban J connectivity index is 1.34. The summed E-state index contributed by atoms with van der Waals surface area (Å²) >= 11 is 0.952. The van der Waals surface area contributed by atoms with Crippen LogP contribution in [0.4, 0.5) is 18.0 Å². The standard InChI is InChI=1S/C23H22F3N3O3S/c24-16-3-1-2-14(8-16)10-29-23(31)32-20-17(27-11-18(20)30)9-13-4-6-15(7-5-13)19-12-28-22(33-19)21(25)26/h1-8,12,17-18,20-21,27,30H,9-11H2,(H,29,31)/t17-,18+,20+/m1/s1. The molecule has 0 spiro atoms. The van der Waals surface area contributed by atoms with Crippen LogP contribution in [0.25, 0.3) is 10.4 Å². The Kier molecular flexibility index (Phi) is 7.26. The minimum Gasteiger partial charge on any atom is -0.442 e. The van der Waals surface area contributed by atoms with Crippen LogP contribution in [0.5, 0.6) is 0 Å². The van der Waals surface area contributed by atoms with Crippen LogP contribution in [-0.4, -0.2) is 41.0 Å². The van der Waals surface area contributed by atoms with Gasteiger partial charge in [-0.1, -0.05) is 36.4 Å². The van der Waals surface area contributed by atoms with Crippen molar-refractivity contribution >= 4 is 17.4 Å². The molecule has 1 aromatic heterocycles. The van der Waals surface area contributed by atoms with E-state index in [-0.39, 0.29) is 24.1 Å². The summed E-state index contributed by atoms with van der Waals surface area (Å²) in [7, 11) is 0. The van der Waals surface area contributed by atoms with E-state index in [9.17, 15) is 23.1 Å². The Morgan fingerprint density at radius 3 is 2.73 bits per heavy atom. The van der Waals surface area contributed by atoms with Crippen molar-refractivity contribution < 1.29 is 27.8 Å². The van der Waals surface area contributed by atoms with E-state index in [1.807, 2.05) is 24.3 Å². The summed E-state index contributed by atoms with van der Waals surface area (Å²) in [6, 6.07) is 12.9. The van der Waals surface area contributed by atoms with Crippen molar-refractivity contribution in [1.82, 2.24) is 15.6 Å². The van der Waals surface area contributed by atoms with Crippen LogP contribution in [0, 0.1) is 5.82 Å². The molecule has 10 heteroatoms. The van der Waals surface area contributed by atoms with Gasteiger partial charge >= 0.3 is 6.09 Å². The van der Waals surface area contributed by atoms with Gasteiger partial charge in [0.05, 0.1) is 10.9 Å². The number of β-amino-alcohol motifs (C(OH)–C–C–N with tert-alkyl or cyclic N) is 1. The first-order valence-electron chi connectivity index (χ1n) is 10.3. The quantitative estimate of drug-likeness (QED) is 0.478. The number of hydrogen-bond acceptors (Lipinski definition) is 6. The number of alkyl carbamates (subject to hydrolysis) is 1. The van der Waals surface area contributed by atoms with E-state index in [0.717, 1.165) is 22.5 Å². The van der Waals surface area contributed by atoms with E-state index in [4.69, 9.17) is 4.74 Å². The fourth-order valence-electron chi connectivity index (χ4n) is 3.69. The Morgan fingerprint density at radius 1 is 1.24 bits per heavy atom. The molecule has 2 aromatic carbocycles. The molecule has 1 saturated heterocycles. The molecule has 1 aliphatic rings. The summed E-state index contributed by atoms with van der Waals surface area (Å²) in [5.74, 6) is -0.394. The third-order valence-corrected chi connectivity index (χ3v) is 6.39. The molecule has 0 unspecified atom stereocenters. The number of alkyl halides is 2. The predicted octanol–water partition coefficient (Wildman–Crippen LogP) is 4.06. The van der Waals surface area contributed by atoms with Crippen LogP contribution >= 0.6 is 11.3 Å². The smallest absolute Gasteiger partial charge is 0.407 e. The number of aromatic nitrogens is 1. The largest absolute Gasteiger partial charge is 0.442 e. The minimum atomic E-state index is -2.59. The molecule has 3 aromatic rings. The molecule has 0 bridgehead atoms. The maximum Gasteiger partial charge on any atom is 0.407 e. The first-order valence-corrected chi connectivity index (χ1v) is 11.1. The number of nitrogens with zero attached hydrogens (tertiary/aromatic N) is 1. The fraction of sp³-hybridized carbons (Fsp3) is 0.304. The molecule has 0 saturated carbocycles. The molecule has 174 valence electrons. The first kappa shape index (κ1) is 23.2. The van der Waals surface area contributed by atoms with Gasteiger partial charge in [0.1, 0.15) is 18.0 Å². The highest BCUT2D eigenvalue weighted by molar-refractivity contribution is 7.15. The van der Waals surface area contributed by atoms with Gasteiger partial charge in [-0.25, -0.2) is 22.9 Å². The van der Waals surface area contributed by atoms with E-state index < -0.39 is 30.5 Å². The van der Waals surface area contributed by atoms with Crippen LogP contribution in [0.3, 0.4) is 0 Å². The third-order valence-electron chi connectivity index (χ3n) is 5.34. The zero-order valence-corrected chi connectivity index (χ0v) is 18.2. The van der Waals surface area contributed by atoms with Gasteiger partial charge in [0, 0.05) is 19.3 Å². The van der Waals surface area contributed by atoms with Crippen LogP contribution in [0.2, 0.25) is 0 Å². The second kappa shape index (κ2) is 10.3. The van der Waals surface area contributed by atoms with E-state index in [1.165, 1.54) is 18.3 Å². The number of benzene rings is 2. The van der Waals surface area contributed by atoms with Crippen molar-refractivity contribution in [1.29, 1.82) is 0 Å². The number of thiazole rings is 1. The molecule has 4 rings (SSSR count). The Morgan fingerprint density at radius 2 is 2.03 bits per heavy atom. The molecular formula is C23H22F3N3O3S. The van der Waals surface area contributed by atoms with Gasteiger partial charge in [0.25, 0.3) is 6.43 Å². The van der Waals surface area contributed by atoms with Gasteiger partial charge in [0.15, 0.2) is 5.01 Å². The number of aliphatic hydroxyl groups is 1. The number of amides is 1. The third kappa shape index (κ3) is 5.89. The number of halogens is 3. The molecule has 3 atom stereocenters. The van der Waals surface area contributed by atoms with Crippen molar-refractivity contribution in [2.45, 2.75) is 37.6 Å². The van der Waals surface area contributed by atoms with Gasteiger partial charge in [-0.05, 0) is 35.2 Å². The lowest BCUT2D eigenvalue weighted by Crippen LogP contribution is -2.41. The van der Waals surface area contributed by atoms with Crippen molar-refractivity contribution in [3.63, 3.8) is 0 Å². The number of hydrogen-bond donors (Lipinski definition) is 3. The van der Waals surface area contributed by atoms with E-state index in [2.05, 4.69) is 15.6 Å². The first-order chi connectivity index (χ1) is 15.9. The molecule has 3 N–H and O–H groups in total. The molecule has 1 aliphatic heterocycles. The highest BCUT2D eigenvalue weighted by atomic mass is 32.1. The van der Waals surface area contributed by atoms with Gasteiger partial charge in [-0.2, -0.15) is 0 Å². The van der Waals surface area contributed by atoms with Crippen LogP contribution in [0.15, 0.2) is 54.7 Å². The Hall–Kier alpha value is -2.95. The number of ether oxygens (including phenoxy) is 1. The molecule has 0 radical (unpaired) electrons. The monoisotopic (exact) mass is 477 g/mol. The zero-order chi connectivity index (χ0) is 23.4. The SMILES string of the molecule is O=C(NCc1cccc(F)c1)O[C@@H]1[C@@H](O)CN[C@@H]1Cc1ccc(-c2cnc(C(F)F)s2)cc1. The van der Waals surface area contributed by atoms with Gasteiger partial charge in [0.2, 0.25) is 0 Å². The summed E-state index contributed by atoms with van der Waals surface area (Å²) in [5, 5.41) is 15.8. The number of rotatable bonds is 7. The van der Waals surface area contributed by atoms with Crippen LogP contribution in [-0.2, 0) is 17.7 Å². The van der Waals surface area contributed by atoms with Crippen molar-refractivity contribution in [3.05, 3.63) is 76.7 Å². The van der Waals surface area contributed by atoms with Crippen molar-refractivity contribution in [3.8, 4) is 10.4 Å². The topological polar surface area (TPSA) is 83.5 Å². The second-order valence-corrected chi connectivity index (χ2v) is 8.76. The lowest BCUT2D eigenvalue weighted by Gasteiger charge is -2.22. The predicted molar refractivity (Wildman–Crippen MR) is 118 cm³/mol. The number of aliphatic hydroxyl groups excluding tert-OH is 1. The second-order valence-electron chi connectivity index (χ2n) is 7.70. The summed E-state index contributed by atoms with van der Waals surface area (Å²) in [6.07, 6.45) is -2.99. The number of carbonyl (C=O) groups excluding carboxylic acids is 1. The van der Waals surface area contributed by atoms with Crippen molar-refractivity contribution in [2.24, 2.45) is 0 Å². The molecule has 1 amide bonds. The fourth-order valence-corrected chi connectivity index (χ4v) is 4.47. The molecular weight excluding hydrogens is 455 g/mol. The average molecular weight is 478 g/mol. The number of nitrogens with one attached hydrogen (secondary N) is 2. The summed E-state index contributed by atoms with van der Waals surface area (Å²) in [4.78, 5) is 16.6.